The second-order valence-corrected chi connectivity index (χ2v) is 7.91. The predicted molar refractivity (Wildman–Crippen MR) is 110 cm³/mol. The molecule has 0 saturated carbocycles. The van der Waals surface area contributed by atoms with Gasteiger partial charge in [-0.15, -0.1) is 0 Å². The van der Waals surface area contributed by atoms with Crippen molar-refractivity contribution in [2.75, 3.05) is 6.54 Å². The van der Waals surface area contributed by atoms with Gasteiger partial charge < -0.3 is 19.2 Å². The molecule has 0 fully saturated rings. The Kier molecular flexibility index (Phi) is 7.42. The van der Waals surface area contributed by atoms with Crippen molar-refractivity contribution in [3.05, 3.63) is 39.7 Å². The normalized spacial score (nSPS) is 11.3. The first-order valence-electron chi connectivity index (χ1n) is 9.84. The SMILES string of the molecule is CCCCc1cc(=O)oc2c(C)c(OC(=O)CCNC(=O)OC(C)(C)C)ccc12. The molecular formula is C22H29NO6. The lowest BCUT2D eigenvalue weighted by atomic mass is 10.0. The number of fused-ring (bicyclic) bond motifs is 1. The third-order valence-corrected chi connectivity index (χ3v) is 4.22. The molecular weight excluding hydrogens is 374 g/mol. The summed E-state index contributed by atoms with van der Waals surface area (Å²) in [7, 11) is 0. The smallest absolute Gasteiger partial charge is 0.407 e. The monoisotopic (exact) mass is 403 g/mol. The zero-order valence-corrected chi connectivity index (χ0v) is 17.7. The van der Waals surface area contributed by atoms with Crippen LogP contribution in [0, 0.1) is 6.92 Å². The molecule has 2 aromatic rings. The van der Waals surface area contributed by atoms with Gasteiger partial charge in [0.05, 0.1) is 6.42 Å². The maximum absolute atomic E-state index is 12.1. The van der Waals surface area contributed by atoms with E-state index in [0.29, 0.717) is 16.9 Å². The van der Waals surface area contributed by atoms with Crippen LogP contribution < -0.4 is 15.7 Å². The van der Waals surface area contributed by atoms with Gasteiger partial charge in [-0.25, -0.2) is 9.59 Å². The van der Waals surface area contributed by atoms with Crippen molar-refractivity contribution in [3.63, 3.8) is 0 Å². The Hall–Kier alpha value is -2.83. The number of carbonyl (C=O) groups excluding carboxylic acids is 2. The van der Waals surface area contributed by atoms with Crippen molar-refractivity contribution in [2.45, 2.75) is 65.9 Å². The largest absolute Gasteiger partial charge is 0.444 e. The molecule has 1 aromatic heterocycles. The molecule has 0 bridgehead atoms. The zero-order valence-electron chi connectivity index (χ0n) is 17.7. The first kappa shape index (κ1) is 22.5. The fourth-order valence-corrected chi connectivity index (χ4v) is 2.85. The van der Waals surface area contributed by atoms with E-state index in [2.05, 4.69) is 12.2 Å². The molecule has 1 aromatic carbocycles. The summed E-state index contributed by atoms with van der Waals surface area (Å²) in [5.74, 6) is -0.177. The number of alkyl carbamates (subject to hydrolysis) is 1. The van der Waals surface area contributed by atoms with Crippen LogP contribution in [0.2, 0.25) is 0 Å². The summed E-state index contributed by atoms with van der Waals surface area (Å²) < 4.78 is 15.9. The minimum atomic E-state index is -0.604. The quantitative estimate of drug-likeness (QED) is 0.422. The standard InChI is InChI=1S/C22H29NO6/c1-6-7-8-15-13-19(25)28-20-14(2)17(10-9-16(15)20)27-18(24)11-12-23-21(26)29-22(3,4)5/h9-10,13H,6-8,11-12H2,1-5H3,(H,23,26). The van der Waals surface area contributed by atoms with Crippen molar-refractivity contribution in [1.29, 1.82) is 0 Å². The van der Waals surface area contributed by atoms with Gasteiger partial charge >= 0.3 is 17.7 Å². The van der Waals surface area contributed by atoms with Gasteiger partial charge in [-0.3, -0.25) is 4.79 Å². The molecule has 0 saturated heterocycles. The molecule has 0 radical (unpaired) electrons. The number of amides is 1. The van der Waals surface area contributed by atoms with Crippen LogP contribution >= 0.6 is 0 Å². The highest BCUT2D eigenvalue weighted by Crippen LogP contribution is 2.29. The molecule has 1 N–H and O–H groups in total. The number of ether oxygens (including phenoxy) is 2. The Bertz CT molecular complexity index is 939. The number of esters is 1. The van der Waals surface area contributed by atoms with Crippen LogP contribution in [0.4, 0.5) is 4.79 Å². The maximum Gasteiger partial charge on any atom is 0.407 e. The van der Waals surface area contributed by atoms with Crippen LogP contribution in [0.3, 0.4) is 0 Å². The van der Waals surface area contributed by atoms with E-state index in [1.165, 1.54) is 6.07 Å². The number of carbonyl (C=O) groups is 2. The third-order valence-electron chi connectivity index (χ3n) is 4.22. The summed E-state index contributed by atoms with van der Waals surface area (Å²) in [6, 6.07) is 5.02. The summed E-state index contributed by atoms with van der Waals surface area (Å²) in [6.45, 7) is 9.21. The number of unbranched alkanes of at least 4 members (excludes halogenated alkanes) is 1. The second kappa shape index (κ2) is 9.58. The highest BCUT2D eigenvalue weighted by molar-refractivity contribution is 5.86. The lowest BCUT2D eigenvalue weighted by Gasteiger charge is -2.19. The number of hydrogen-bond acceptors (Lipinski definition) is 6. The number of aryl methyl sites for hydroxylation is 2. The Balaban J connectivity index is 2.06. The van der Waals surface area contributed by atoms with E-state index in [1.54, 1.807) is 39.8 Å². The van der Waals surface area contributed by atoms with Gasteiger partial charge in [-0.1, -0.05) is 13.3 Å². The van der Waals surface area contributed by atoms with Crippen molar-refractivity contribution in [2.24, 2.45) is 0 Å². The summed E-state index contributed by atoms with van der Waals surface area (Å²) in [4.78, 5) is 35.7. The Labute approximate surface area is 170 Å². The van der Waals surface area contributed by atoms with Crippen LogP contribution in [0.1, 0.15) is 58.1 Å². The molecule has 29 heavy (non-hydrogen) atoms. The average molecular weight is 403 g/mol. The maximum atomic E-state index is 12.1. The van der Waals surface area contributed by atoms with Crippen LogP contribution in [0.5, 0.6) is 5.75 Å². The molecule has 1 amide bonds. The van der Waals surface area contributed by atoms with Crippen LogP contribution in [0.25, 0.3) is 11.0 Å². The minimum absolute atomic E-state index is 0.0167. The van der Waals surface area contributed by atoms with Gasteiger partial charge in [0.25, 0.3) is 0 Å². The Morgan fingerprint density at radius 3 is 2.59 bits per heavy atom. The molecule has 0 unspecified atom stereocenters. The summed E-state index contributed by atoms with van der Waals surface area (Å²) in [5, 5.41) is 3.36. The third kappa shape index (κ3) is 6.62. The van der Waals surface area contributed by atoms with Gasteiger partial charge in [0, 0.05) is 23.6 Å². The molecule has 0 aliphatic heterocycles. The first-order valence-corrected chi connectivity index (χ1v) is 9.84. The highest BCUT2D eigenvalue weighted by atomic mass is 16.6. The fourth-order valence-electron chi connectivity index (χ4n) is 2.85. The van der Waals surface area contributed by atoms with Gasteiger partial charge in [0.15, 0.2) is 0 Å². The van der Waals surface area contributed by atoms with Crippen molar-refractivity contribution in [3.8, 4) is 5.75 Å². The lowest BCUT2D eigenvalue weighted by Crippen LogP contribution is -2.34. The molecule has 7 nitrogen and oxygen atoms in total. The van der Waals surface area contributed by atoms with E-state index >= 15 is 0 Å². The van der Waals surface area contributed by atoms with E-state index < -0.39 is 23.3 Å². The zero-order chi connectivity index (χ0) is 21.6. The number of rotatable bonds is 7. The van der Waals surface area contributed by atoms with Gasteiger partial charge in [-0.05, 0) is 58.2 Å². The van der Waals surface area contributed by atoms with E-state index in [0.717, 1.165) is 30.2 Å². The highest BCUT2D eigenvalue weighted by Gasteiger charge is 2.17. The molecule has 0 spiro atoms. The predicted octanol–water partition coefficient (Wildman–Crippen LogP) is 4.26. The van der Waals surface area contributed by atoms with E-state index in [1.807, 2.05) is 0 Å². The van der Waals surface area contributed by atoms with Gasteiger partial charge in [0.2, 0.25) is 0 Å². The number of benzene rings is 1. The van der Waals surface area contributed by atoms with E-state index in [4.69, 9.17) is 13.9 Å². The molecule has 0 aliphatic carbocycles. The van der Waals surface area contributed by atoms with Gasteiger partial charge in [-0.2, -0.15) is 0 Å². The molecule has 1 heterocycles. The summed E-state index contributed by atoms with van der Waals surface area (Å²) in [5.41, 5.74) is 0.928. The second-order valence-electron chi connectivity index (χ2n) is 7.91. The lowest BCUT2D eigenvalue weighted by molar-refractivity contribution is -0.134. The topological polar surface area (TPSA) is 94.8 Å². The van der Waals surface area contributed by atoms with Crippen LogP contribution in [0.15, 0.2) is 27.4 Å². The Morgan fingerprint density at radius 2 is 1.93 bits per heavy atom. The van der Waals surface area contributed by atoms with E-state index in [-0.39, 0.29) is 13.0 Å². The first-order chi connectivity index (χ1) is 13.6. The molecule has 2 rings (SSSR count). The summed E-state index contributed by atoms with van der Waals surface area (Å²) >= 11 is 0. The van der Waals surface area contributed by atoms with E-state index in [9.17, 15) is 14.4 Å². The van der Waals surface area contributed by atoms with Gasteiger partial charge in [0.1, 0.15) is 16.9 Å². The van der Waals surface area contributed by atoms with Crippen molar-refractivity contribution < 1.29 is 23.5 Å². The number of nitrogens with one attached hydrogen (secondary N) is 1. The van der Waals surface area contributed by atoms with Crippen LogP contribution in [-0.4, -0.2) is 24.2 Å². The number of hydrogen-bond donors (Lipinski definition) is 1. The van der Waals surface area contributed by atoms with Crippen molar-refractivity contribution >= 4 is 23.0 Å². The average Bonchev–Trinajstić information content (AvgIpc) is 2.61. The Morgan fingerprint density at radius 1 is 1.21 bits per heavy atom. The minimum Gasteiger partial charge on any atom is -0.444 e. The molecule has 7 heteroatoms. The molecule has 0 aliphatic rings. The van der Waals surface area contributed by atoms with Crippen LogP contribution in [-0.2, 0) is 16.0 Å². The fraction of sp³-hybridized carbons (Fsp3) is 0.500. The molecule has 158 valence electrons. The van der Waals surface area contributed by atoms with Crippen molar-refractivity contribution in [1.82, 2.24) is 5.32 Å². The molecule has 0 atom stereocenters. The summed E-state index contributed by atoms with van der Waals surface area (Å²) in [6.07, 6.45) is 2.17.